The fraction of sp³-hybridized carbons (Fsp3) is 0.794. The number of sulfone groups is 1. The molecule has 4 aliphatic rings. The van der Waals surface area contributed by atoms with Gasteiger partial charge >= 0.3 is 6.03 Å². The van der Waals surface area contributed by atoms with Crippen LogP contribution in [0.5, 0.6) is 0 Å². The number of hydrogen-bond donors (Lipinski definition) is 4. The van der Waals surface area contributed by atoms with Crippen molar-refractivity contribution < 1.29 is 32.4 Å². The molecule has 2 heterocycles. The molecule has 47 heavy (non-hydrogen) atoms. The van der Waals surface area contributed by atoms with Gasteiger partial charge < -0.3 is 26.2 Å². The second-order valence-electron chi connectivity index (χ2n) is 15.7. The molecule has 4 fully saturated rings. The summed E-state index contributed by atoms with van der Waals surface area (Å²) in [7, 11) is -3.29. The molecule has 0 bridgehead atoms. The standard InChI is InChI=1S/C34H55N5O7S/c1-8-10-14-22(26(40)29(42)35-18-9-2)36-28(41)25-24-21(33(24,6)7)20-39(25)30(43)27(32(3,4)5)37-31(44)38-34(16-12-11-13-17-34)23-15-19-47(23,45)46/h9,21-25,27H,2,8,10-20H2,1,3-7H3,(H,35,42)(H,36,41)(H2,37,38,44)/t21-,22-,23+,24-,25-,27+/m0/s1. The number of nitrogens with zero attached hydrogens (tertiary/aromatic N) is 1. The minimum atomic E-state index is -3.29. The molecule has 0 spiro atoms. The van der Waals surface area contributed by atoms with Crippen molar-refractivity contribution in [1.82, 2.24) is 26.2 Å². The fourth-order valence-electron chi connectivity index (χ4n) is 8.12. The first-order valence-electron chi connectivity index (χ1n) is 17.3. The average molecular weight is 678 g/mol. The molecular weight excluding hydrogens is 622 g/mol. The van der Waals surface area contributed by atoms with Crippen molar-refractivity contribution >= 4 is 39.4 Å². The van der Waals surface area contributed by atoms with Crippen LogP contribution in [-0.4, -0.2) is 90.6 Å². The van der Waals surface area contributed by atoms with E-state index in [2.05, 4.69) is 41.7 Å². The first kappa shape index (κ1) is 36.9. The van der Waals surface area contributed by atoms with Crippen LogP contribution in [0.15, 0.2) is 12.7 Å². The van der Waals surface area contributed by atoms with Crippen LogP contribution in [0, 0.1) is 22.7 Å². The molecule has 0 aromatic carbocycles. The summed E-state index contributed by atoms with van der Waals surface area (Å²) in [4.78, 5) is 69.2. The third-order valence-corrected chi connectivity index (χ3v) is 13.4. The quantitative estimate of drug-likeness (QED) is 0.172. The van der Waals surface area contributed by atoms with Gasteiger partial charge in [-0.3, -0.25) is 19.2 Å². The highest BCUT2D eigenvalue weighted by atomic mass is 32.2. The molecule has 2 aliphatic heterocycles. The predicted octanol–water partition coefficient (Wildman–Crippen LogP) is 2.62. The molecule has 4 N–H and O–H groups in total. The Hall–Kier alpha value is -2.96. The Kier molecular flexibility index (Phi) is 10.9. The molecule has 0 radical (unpaired) electrons. The van der Waals surface area contributed by atoms with E-state index in [4.69, 9.17) is 0 Å². The first-order chi connectivity index (χ1) is 21.9. The Morgan fingerprint density at radius 3 is 2.23 bits per heavy atom. The first-order valence-corrected chi connectivity index (χ1v) is 19.0. The van der Waals surface area contributed by atoms with E-state index in [1.165, 1.54) is 11.0 Å². The molecule has 264 valence electrons. The van der Waals surface area contributed by atoms with Crippen LogP contribution in [-0.2, 0) is 29.0 Å². The molecule has 12 nitrogen and oxygen atoms in total. The van der Waals surface area contributed by atoms with E-state index in [1.807, 2.05) is 27.7 Å². The summed E-state index contributed by atoms with van der Waals surface area (Å²) in [5, 5.41) is 10.6. The van der Waals surface area contributed by atoms with Gasteiger partial charge in [-0.1, -0.05) is 79.7 Å². The Labute approximate surface area is 279 Å². The second kappa shape index (κ2) is 13.9. The average Bonchev–Trinajstić information content (AvgIpc) is 3.30. The highest BCUT2D eigenvalue weighted by Crippen LogP contribution is 2.65. The maximum Gasteiger partial charge on any atom is 0.315 e. The number of carbonyl (C=O) groups excluding carboxylic acids is 5. The predicted molar refractivity (Wildman–Crippen MR) is 179 cm³/mol. The van der Waals surface area contributed by atoms with Crippen LogP contribution in [0.25, 0.3) is 0 Å². The second-order valence-corrected chi connectivity index (χ2v) is 18.0. The molecule has 5 amide bonds. The lowest BCUT2D eigenvalue weighted by molar-refractivity contribution is -0.145. The van der Waals surface area contributed by atoms with Gasteiger partial charge in [-0.05, 0) is 48.3 Å². The number of rotatable bonds is 13. The Balaban J connectivity index is 1.54. The van der Waals surface area contributed by atoms with Gasteiger partial charge in [-0.15, -0.1) is 6.58 Å². The van der Waals surface area contributed by atoms with Gasteiger partial charge in [-0.2, -0.15) is 0 Å². The fourth-order valence-corrected chi connectivity index (χ4v) is 9.96. The molecule has 4 rings (SSSR count). The SMILES string of the molecule is C=CCNC(=O)C(=O)[C@H](CCCC)NC(=O)[C@@H]1[C@@H]2[C@H](CN1C(=O)[C@@H](NC(=O)NC1([C@H]3CCS3(=O)=O)CCCCC1)C(C)(C)C)C2(C)C. The van der Waals surface area contributed by atoms with Crippen molar-refractivity contribution in [2.75, 3.05) is 18.8 Å². The molecule has 0 aromatic heterocycles. The number of unbranched alkanes of at least 4 members (excludes halogenated alkanes) is 1. The minimum absolute atomic E-state index is 0.0617. The summed E-state index contributed by atoms with van der Waals surface area (Å²) in [6, 6.07) is -3.53. The van der Waals surface area contributed by atoms with Crippen molar-refractivity contribution in [3.63, 3.8) is 0 Å². The van der Waals surface area contributed by atoms with Crippen molar-refractivity contribution in [3.05, 3.63) is 12.7 Å². The van der Waals surface area contributed by atoms with Gasteiger partial charge in [-0.25, -0.2) is 13.2 Å². The van der Waals surface area contributed by atoms with E-state index < -0.39 is 73.7 Å². The van der Waals surface area contributed by atoms with Crippen molar-refractivity contribution in [1.29, 1.82) is 0 Å². The number of nitrogens with one attached hydrogen (secondary N) is 4. The summed E-state index contributed by atoms with van der Waals surface area (Å²) >= 11 is 0. The number of urea groups is 1. The summed E-state index contributed by atoms with van der Waals surface area (Å²) in [6.45, 7) is 15.6. The lowest BCUT2D eigenvalue weighted by Crippen LogP contribution is -2.67. The van der Waals surface area contributed by atoms with E-state index in [1.54, 1.807) is 0 Å². The molecular formula is C34H55N5O7S. The number of carbonyl (C=O) groups is 5. The van der Waals surface area contributed by atoms with Gasteiger partial charge in [0.05, 0.1) is 22.6 Å². The topological polar surface area (TPSA) is 171 Å². The van der Waals surface area contributed by atoms with Crippen LogP contribution >= 0.6 is 0 Å². The number of hydrogen-bond acceptors (Lipinski definition) is 7. The summed E-state index contributed by atoms with van der Waals surface area (Å²) in [5.41, 5.74) is -1.82. The number of amides is 5. The maximum absolute atomic E-state index is 14.4. The Bertz CT molecular complexity index is 1360. The van der Waals surface area contributed by atoms with Crippen LogP contribution in [0.1, 0.15) is 99.3 Å². The van der Waals surface area contributed by atoms with Crippen LogP contribution in [0.4, 0.5) is 4.79 Å². The monoisotopic (exact) mass is 677 g/mol. The number of fused-ring (bicyclic) bond motifs is 1. The van der Waals surface area contributed by atoms with Gasteiger partial charge in [0.25, 0.3) is 5.91 Å². The minimum Gasteiger partial charge on any atom is -0.346 e. The molecule has 13 heteroatoms. The summed E-state index contributed by atoms with van der Waals surface area (Å²) in [6.07, 6.45) is 7.36. The molecule has 2 saturated carbocycles. The van der Waals surface area contributed by atoms with Crippen molar-refractivity contribution in [3.8, 4) is 0 Å². The third-order valence-electron chi connectivity index (χ3n) is 11.1. The molecule has 2 aliphatic carbocycles. The van der Waals surface area contributed by atoms with Gasteiger partial charge in [0.2, 0.25) is 17.6 Å². The van der Waals surface area contributed by atoms with Crippen molar-refractivity contribution in [2.24, 2.45) is 22.7 Å². The van der Waals surface area contributed by atoms with Crippen LogP contribution in [0.3, 0.4) is 0 Å². The molecule has 2 saturated heterocycles. The van der Waals surface area contributed by atoms with E-state index in [-0.39, 0.29) is 36.0 Å². The number of ketones is 1. The zero-order valence-electron chi connectivity index (χ0n) is 28.9. The highest BCUT2D eigenvalue weighted by molar-refractivity contribution is 7.93. The Morgan fingerprint density at radius 1 is 1.04 bits per heavy atom. The van der Waals surface area contributed by atoms with E-state index in [0.29, 0.717) is 32.2 Å². The third kappa shape index (κ3) is 7.54. The van der Waals surface area contributed by atoms with Crippen LogP contribution < -0.4 is 21.3 Å². The largest absolute Gasteiger partial charge is 0.346 e. The zero-order chi connectivity index (χ0) is 34.9. The summed E-state index contributed by atoms with van der Waals surface area (Å²) < 4.78 is 25.4. The van der Waals surface area contributed by atoms with Crippen molar-refractivity contribution in [2.45, 2.75) is 128 Å². The molecule has 0 aromatic rings. The number of piperidine rings is 1. The van der Waals surface area contributed by atoms with Gasteiger partial charge in [0.1, 0.15) is 12.1 Å². The normalized spacial score (nSPS) is 28.0. The Morgan fingerprint density at radius 2 is 1.70 bits per heavy atom. The smallest absolute Gasteiger partial charge is 0.315 e. The van der Waals surface area contributed by atoms with Crippen LogP contribution in [0.2, 0.25) is 0 Å². The molecule has 6 atom stereocenters. The number of Topliss-reactive ketones (excluding diaryl/α,β-unsaturated/α-hetero) is 1. The number of likely N-dealkylation sites (tertiary alicyclic amines) is 1. The maximum atomic E-state index is 14.4. The van der Waals surface area contributed by atoms with E-state index in [0.717, 1.165) is 25.7 Å². The zero-order valence-corrected chi connectivity index (χ0v) is 29.8. The van der Waals surface area contributed by atoms with E-state index >= 15 is 0 Å². The lowest BCUT2D eigenvalue weighted by atomic mass is 9.78. The summed E-state index contributed by atoms with van der Waals surface area (Å²) in [5.74, 6) is -2.41. The molecule has 0 unspecified atom stereocenters. The van der Waals surface area contributed by atoms with E-state index in [9.17, 15) is 32.4 Å². The van der Waals surface area contributed by atoms with Gasteiger partial charge in [0, 0.05) is 13.1 Å². The lowest BCUT2D eigenvalue weighted by Gasteiger charge is -2.47. The van der Waals surface area contributed by atoms with Gasteiger partial charge in [0.15, 0.2) is 9.84 Å². The highest BCUT2D eigenvalue weighted by Gasteiger charge is 2.70.